The van der Waals surface area contributed by atoms with Crippen LogP contribution < -0.4 is 16.0 Å². The number of nitrogens with two attached hydrogens (primary N) is 1. The molecule has 0 aliphatic rings. The summed E-state index contributed by atoms with van der Waals surface area (Å²) in [5, 5.41) is 8.04. The molecule has 1 aromatic heterocycles. The number of rotatable bonds is 9. The number of hydrazine groups is 1. The summed E-state index contributed by atoms with van der Waals surface area (Å²) in [6.45, 7) is 3.71. The second kappa shape index (κ2) is 8.60. The third kappa shape index (κ3) is 4.81. The van der Waals surface area contributed by atoms with E-state index in [1.54, 1.807) is 13.2 Å². The van der Waals surface area contributed by atoms with Crippen LogP contribution in [0.2, 0.25) is 0 Å². The Balaban J connectivity index is 2.41. The highest BCUT2D eigenvalue weighted by Crippen LogP contribution is 2.18. The minimum Gasteiger partial charge on any atom is -0.480 e. The molecule has 3 N–H and O–H groups in total. The lowest BCUT2D eigenvalue weighted by atomic mass is 10.0. The van der Waals surface area contributed by atoms with Crippen molar-refractivity contribution in [2.24, 2.45) is 5.84 Å². The number of hydrogen-bond acceptors (Lipinski definition) is 5. The summed E-state index contributed by atoms with van der Waals surface area (Å²) in [4.78, 5) is 0. The molecule has 5 heteroatoms. The van der Waals surface area contributed by atoms with Crippen molar-refractivity contribution >= 4 is 0 Å². The molecule has 0 aliphatic heterocycles. The van der Waals surface area contributed by atoms with Crippen molar-refractivity contribution in [3.05, 3.63) is 30.5 Å². The minimum atomic E-state index is 0.0483. The van der Waals surface area contributed by atoms with Gasteiger partial charge in [0.1, 0.15) is 0 Å². The van der Waals surface area contributed by atoms with E-state index in [0.717, 1.165) is 25.0 Å². The molecule has 0 saturated heterocycles. The van der Waals surface area contributed by atoms with Crippen molar-refractivity contribution < 1.29 is 4.74 Å². The molecule has 0 amide bonds. The summed E-state index contributed by atoms with van der Waals surface area (Å²) < 4.78 is 4.97. The van der Waals surface area contributed by atoms with Crippen LogP contribution in [-0.2, 0) is 0 Å². The van der Waals surface area contributed by atoms with Gasteiger partial charge in [-0.25, -0.2) is 0 Å². The molecule has 1 atom stereocenters. The highest BCUT2D eigenvalue weighted by atomic mass is 16.5. The normalized spacial score (nSPS) is 12.1. The van der Waals surface area contributed by atoms with Crippen LogP contribution >= 0.6 is 0 Å². The van der Waals surface area contributed by atoms with Crippen molar-refractivity contribution in [1.29, 1.82) is 0 Å². The van der Waals surface area contributed by atoms with E-state index in [1.165, 1.54) is 12.8 Å². The molecule has 100 valence electrons. The zero-order chi connectivity index (χ0) is 13.2. The van der Waals surface area contributed by atoms with Crippen LogP contribution in [0.1, 0.15) is 43.8 Å². The molecule has 5 nitrogen and oxygen atoms in total. The zero-order valence-corrected chi connectivity index (χ0v) is 10.9. The summed E-state index contributed by atoms with van der Waals surface area (Å²) >= 11 is 0. The van der Waals surface area contributed by atoms with E-state index in [2.05, 4.69) is 22.2 Å². The van der Waals surface area contributed by atoms with Crippen LogP contribution in [0.4, 0.5) is 0 Å². The van der Waals surface area contributed by atoms with Crippen molar-refractivity contribution in [2.45, 2.75) is 38.1 Å². The first kappa shape index (κ1) is 14.6. The number of allylic oxidation sites excluding steroid dienone is 1. The summed E-state index contributed by atoms with van der Waals surface area (Å²) in [5.74, 6) is 6.07. The molecule has 1 aromatic rings. The van der Waals surface area contributed by atoms with Gasteiger partial charge in [0.05, 0.1) is 18.8 Å². The number of hydrogen-bond donors (Lipinski definition) is 2. The number of nitrogens with zero attached hydrogens (tertiary/aromatic N) is 2. The van der Waals surface area contributed by atoms with Crippen molar-refractivity contribution in [3.8, 4) is 5.88 Å². The number of nitrogens with one attached hydrogen (secondary N) is 1. The molecule has 0 radical (unpaired) electrons. The second-order valence-electron chi connectivity index (χ2n) is 4.15. The Bertz CT molecular complexity index is 339. The van der Waals surface area contributed by atoms with Crippen LogP contribution in [-0.4, -0.2) is 17.3 Å². The first-order valence-electron chi connectivity index (χ1n) is 6.26. The Hall–Kier alpha value is -1.46. The van der Waals surface area contributed by atoms with Crippen LogP contribution in [0, 0.1) is 0 Å². The average Bonchev–Trinajstić information content (AvgIpc) is 2.43. The molecule has 18 heavy (non-hydrogen) atoms. The van der Waals surface area contributed by atoms with Crippen LogP contribution in [0.15, 0.2) is 24.8 Å². The quantitative estimate of drug-likeness (QED) is 0.304. The van der Waals surface area contributed by atoms with Gasteiger partial charge >= 0.3 is 0 Å². The van der Waals surface area contributed by atoms with Gasteiger partial charge in [-0.05, 0) is 25.3 Å². The molecule has 1 rings (SSSR count). The van der Waals surface area contributed by atoms with E-state index in [4.69, 9.17) is 10.6 Å². The highest BCUT2D eigenvalue weighted by molar-refractivity contribution is 5.13. The second-order valence-corrected chi connectivity index (χ2v) is 4.15. The van der Waals surface area contributed by atoms with E-state index in [0.29, 0.717) is 5.88 Å². The summed E-state index contributed by atoms with van der Waals surface area (Å²) in [7, 11) is 1.57. The topological polar surface area (TPSA) is 73.1 Å². The Labute approximate surface area is 108 Å². The molecule has 0 aromatic carbocycles. The Morgan fingerprint density at radius 2 is 2.22 bits per heavy atom. The maximum atomic E-state index is 5.55. The molecule has 1 heterocycles. The lowest BCUT2D eigenvalue weighted by Crippen LogP contribution is -2.28. The van der Waals surface area contributed by atoms with Gasteiger partial charge in [0.15, 0.2) is 0 Å². The monoisotopic (exact) mass is 250 g/mol. The molecule has 0 spiro atoms. The molecule has 1 unspecified atom stereocenters. The lowest BCUT2D eigenvalue weighted by molar-refractivity contribution is 0.387. The standard InChI is InChI=1S/C13H22N4O/c1-3-4-5-6-7-8-11(15-14)12-9-10-13(18-2)17-16-12/h3,9-11,15H,1,4-8,14H2,2H3. The predicted molar refractivity (Wildman–Crippen MR) is 71.9 cm³/mol. The minimum absolute atomic E-state index is 0.0483. The SMILES string of the molecule is C=CCCCCCC(NN)c1ccc(OC)nn1. The van der Waals surface area contributed by atoms with Crippen molar-refractivity contribution in [3.63, 3.8) is 0 Å². The Morgan fingerprint density at radius 1 is 1.39 bits per heavy atom. The highest BCUT2D eigenvalue weighted by Gasteiger charge is 2.11. The maximum absolute atomic E-state index is 5.55. The Morgan fingerprint density at radius 3 is 2.78 bits per heavy atom. The molecule has 0 aliphatic carbocycles. The van der Waals surface area contributed by atoms with E-state index in [-0.39, 0.29) is 6.04 Å². The summed E-state index contributed by atoms with van der Waals surface area (Å²) in [6.07, 6.45) is 7.44. The molecule has 0 bridgehead atoms. The van der Waals surface area contributed by atoms with Crippen LogP contribution in [0.25, 0.3) is 0 Å². The van der Waals surface area contributed by atoms with E-state index >= 15 is 0 Å². The first-order valence-corrected chi connectivity index (χ1v) is 6.26. The fourth-order valence-corrected chi connectivity index (χ4v) is 1.76. The first-order chi connectivity index (χ1) is 8.81. The molecule has 0 saturated carbocycles. The summed E-state index contributed by atoms with van der Waals surface area (Å²) in [6, 6.07) is 3.73. The fraction of sp³-hybridized carbons (Fsp3) is 0.538. The number of aromatic nitrogens is 2. The zero-order valence-electron chi connectivity index (χ0n) is 10.9. The third-order valence-corrected chi connectivity index (χ3v) is 2.83. The number of methoxy groups -OCH3 is 1. The van der Waals surface area contributed by atoms with Crippen LogP contribution in [0.3, 0.4) is 0 Å². The van der Waals surface area contributed by atoms with Crippen molar-refractivity contribution in [1.82, 2.24) is 15.6 Å². The van der Waals surface area contributed by atoms with Gasteiger partial charge in [0.2, 0.25) is 5.88 Å². The third-order valence-electron chi connectivity index (χ3n) is 2.83. The average molecular weight is 250 g/mol. The number of unbranched alkanes of at least 4 members (excludes halogenated alkanes) is 3. The molecular weight excluding hydrogens is 228 g/mol. The maximum Gasteiger partial charge on any atom is 0.233 e. The van der Waals surface area contributed by atoms with Gasteiger partial charge in [-0.15, -0.1) is 11.7 Å². The van der Waals surface area contributed by atoms with Gasteiger partial charge in [-0.1, -0.05) is 18.9 Å². The van der Waals surface area contributed by atoms with E-state index in [1.807, 2.05) is 12.1 Å². The van der Waals surface area contributed by atoms with Crippen LogP contribution in [0.5, 0.6) is 5.88 Å². The molecule has 0 fully saturated rings. The van der Waals surface area contributed by atoms with Gasteiger partial charge < -0.3 is 4.74 Å². The van der Waals surface area contributed by atoms with Gasteiger partial charge in [0.25, 0.3) is 0 Å². The largest absolute Gasteiger partial charge is 0.480 e. The van der Waals surface area contributed by atoms with Gasteiger partial charge in [-0.2, -0.15) is 5.10 Å². The van der Waals surface area contributed by atoms with Gasteiger partial charge in [0, 0.05) is 6.07 Å². The smallest absolute Gasteiger partial charge is 0.233 e. The fourth-order valence-electron chi connectivity index (χ4n) is 1.76. The van der Waals surface area contributed by atoms with E-state index < -0.39 is 0 Å². The number of ether oxygens (including phenoxy) is 1. The molecular formula is C13H22N4O. The predicted octanol–water partition coefficient (Wildman–Crippen LogP) is 2.13. The van der Waals surface area contributed by atoms with Gasteiger partial charge in [-0.3, -0.25) is 11.3 Å². The van der Waals surface area contributed by atoms with Crippen molar-refractivity contribution in [2.75, 3.05) is 7.11 Å². The lowest BCUT2D eigenvalue weighted by Gasteiger charge is -2.14. The van der Waals surface area contributed by atoms with E-state index in [9.17, 15) is 0 Å². The summed E-state index contributed by atoms with van der Waals surface area (Å²) in [5.41, 5.74) is 3.63. The Kier molecular flexibility index (Phi) is 6.98.